The van der Waals surface area contributed by atoms with Crippen LogP contribution in [0.2, 0.25) is 0 Å². The summed E-state index contributed by atoms with van der Waals surface area (Å²) in [6.45, 7) is 30.5. The first-order valence-electron chi connectivity index (χ1n) is 53.0. The van der Waals surface area contributed by atoms with Crippen LogP contribution in [0.5, 0.6) is 0 Å². The Labute approximate surface area is 860 Å². The molecule has 5 aromatic heterocycles. The molecule has 0 bridgehead atoms. The van der Waals surface area contributed by atoms with Crippen molar-refractivity contribution in [2.75, 3.05) is 250 Å². The monoisotopic (exact) mass is 2020 g/mol. The van der Waals surface area contributed by atoms with Gasteiger partial charge in [-0.2, -0.15) is 0 Å². The Hall–Kier alpha value is -11.0. The largest absolute Gasteiger partial charge is 0.378 e. The van der Waals surface area contributed by atoms with Gasteiger partial charge in [-0.05, 0) is 331 Å². The van der Waals surface area contributed by atoms with E-state index in [2.05, 4.69) is 293 Å². The predicted molar refractivity (Wildman–Crippen MR) is 583 cm³/mol. The summed E-state index contributed by atoms with van der Waals surface area (Å²) < 4.78 is 43.7. The lowest BCUT2D eigenvalue weighted by Gasteiger charge is -2.34. The molecule has 10 saturated heterocycles. The molecule has 0 radical (unpaired) electrons. The average molecular weight is 2030 g/mol. The molecule has 10 fully saturated rings. The molecule has 0 amide bonds. The second-order valence-electron chi connectivity index (χ2n) is 40.0. The molecular formula is C112H151BrFN25O5. The SMILES string of the molecule is CCc1cnc(Nc2ccc(N3CCN(C)CC3)cc2)nc1CCC1CCCO1.CN1CCN(c2ccc(Nc3nc(CCC4CCCO4)c4ccccc4n3)cc2)CC1.CN1CCN(c2ccc(Nc3ncc(Br)c(CCC4CCCO4)n3)cc2)CC1.CN1CCN(c2ccc(Nc3ncc(F)c(CCC4CCCO4)n3)cc2)CC1.Cc1cnc(Nc2ccc(N3CCN(C)CC3)cc2)nc1CCC1CCCO1. The number of para-hydroxylation sites is 1. The van der Waals surface area contributed by atoms with E-state index in [9.17, 15) is 4.39 Å². The number of likely N-dealkylation sites (N-methyl/N-ethyl adjacent to an activating group) is 5. The van der Waals surface area contributed by atoms with E-state index in [1.54, 1.807) is 0 Å². The summed E-state index contributed by atoms with van der Waals surface area (Å²) in [7, 11) is 10.9. The molecule has 144 heavy (non-hydrogen) atoms. The van der Waals surface area contributed by atoms with E-state index in [1.807, 2.05) is 36.8 Å². The second kappa shape index (κ2) is 53.4. The van der Waals surface area contributed by atoms with Crippen molar-refractivity contribution in [2.24, 2.45) is 0 Å². The van der Waals surface area contributed by atoms with E-state index in [4.69, 9.17) is 48.6 Å². The van der Waals surface area contributed by atoms with Crippen LogP contribution in [-0.2, 0) is 62.2 Å². The Kier molecular flexibility index (Phi) is 38.7. The zero-order valence-electron chi connectivity index (χ0n) is 85.8. The average Bonchev–Trinajstić information content (AvgIpc) is 1.10. The maximum absolute atomic E-state index is 14.1. The predicted octanol–water partition coefficient (Wildman–Crippen LogP) is 18.3. The fourth-order valence-electron chi connectivity index (χ4n) is 20.1. The third-order valence-electron chi connectivity index (χ3n) is 29.3. The third kappa shape index (κ3) is 31.3. The number of halogens is 2. The highest BCUT2D eigenvalue weighted by Gasteiger charge is 2.27. The number of nitrogens with zero attached hydrogens (tertiary/aromatic N) is 20. The van der Waals surface area contributed by atoms with Gasteiger partial charge in [-0.15, -0.1) is 0 Å². The number of hydrogen-bond donors (Lipinski definition) is 5. The number of aromatic nitrogens is 10. The standard InChI is InChI=1S/C25H31N5O.C23H33N5O.C22H31N5O.C21H28BrN5O.C21H28FN5O/c1-29-14-16-30(17-15-29)20-10-8-19(9-11-20)26-25-27-23-7-3-2-6-22(23)24(28-25)13-12-21-5-4-18-31-21;1-3-18-17-24-23(26-22(18)11-10-21-5-4-16-29-21)25-19-6-8-20(9-7-19)28-14-12-27(2)13-15-28;1-17-16-23-22(25-21(17)10-9-20-4-3-15-28-20)24-18-5-7-19(8-6-18)27-13-11-26(2)12-14-27;2*1-26-10-12-27(13-11-26)17-6-4-16(5-7-17)24-21-23-15-19(22)20(25-21)9-8-18-3-2-14-28-18/h2-3,6-11,21H,4-5,12-18H2,1H3,(H,26,27,28);6-9,17,21H,3-5,10-16H2,1-2H3,(H,24,25,26);5-8,16,20H,3-4,9-15H2,1-2H3,(H,23,24,25);2*4-7,15,18H,2-3,8-14H2,1H3,(H,23,24,25). The van der Waals surface area contributed by atoms with Crippen LogP contribution in [0, 0.1) is 12.7 Å². The van der Waals surface area contributed by atoms with Crippen LogP contribution in [0.15, 0.2) is 175 Å². The molecule has 0 aliphatic carbocycles. The molecule has 0 saturated carbocycles. The molecule has 30 nitrogen and oxygen atoms in total. The summed E-state index contributed by atoms with van der Waals surface area (Å²) in [6, 6.07) is 50.9. The van der Waals surface area contributed by atoms with Crippen molar-refractivity contribution in [2.45, 2.75) is 179 Å². The highest BCUT2D eigenvalue weighted by Crippen LogP contribution is 2.33. The fraction of sp³-hybridized carbons (Fsp3) is 0.518. The first-order valence-corrected chi connectivity index (χ1v) is 53.8. The molecule has 21 rings (SSSR count). The lowest BCUT2D eigenvalue weighted by molar-refractivity contribution is 0.104. The highest BCUT2D eigenvalue weighted by molar-refractivity contribution is 9.10. The smallest absolute Gasteiger partial charge is 0.228 e. The highest BCUT2D eigenvalue weighted by atomic mass is 79.9. The Bertz CT molecular complexity index is 5410. The Morgan fingerprint density at radius 1 is 0.306 bits per heavy atom. The van der Waals surface area contributed by atoms with Crippen molar-refractivity contribution in [3.63, 3.8) is 0 Å². The maximum atomic E-state index is 14.1. The van der Waals surface area contributed by atoms with Gasteiger partial charge in [0.15, 0.2) is 5.82 Å². The summed E-state index contributed by atoms with van der Waals surface area (Å²) >= 11 is 3.58. The first-order chi connectivity index (χ1) is 70.5. The minimum atomic E-state index is -0.353. The van der Waals surface area contributed by atoms with Gasteiger partial charge in [0, 0.05) is 256 Å². The molecule has 6 aromatic carbocycles. The summed E-state index contributed by atoms with van der Waals surface area (Å²) in [6.07, 6.45) is 30.4. The quantitative estimate of drug-likeness (QED) is 0.0270. The molecule has 0 spiro atoms. The number of piperazine rings is 5. The van der Waals surface area contributed by atoms with E-state index in [0.717, 1.165) is 326 Å². The van der Waals surface area contributed by atoms with Gasteiger partial charge in [0.05, 0.1) is 63.8 Å². The lowest BCUT2D eigenvalue weighted by Crippen LogP contribution is -2.44. The minimum absolute atomic E-state index is 0.230. The van der Waals surface area contributed by atoms with Crippen LogP contribution < -0.4 is 51.1 Å². The number of rotatable bonds is 31. The molecule has 10 aliphatic heterocycles. The number of hydrogen-bond acceptors (Lipinski definition) is 30. The molecule has 15 heterocycles. The van der Waals surface area contributed by atoms with Gasteiger partial charge >= 0.3 is 0 Å². The lowest BCUT2D eigenvalue weighted by atomic mass is 10.1. The Morgan fingerprint density at radius 2 is 0.583 bits per heavy atom. The zero-order valence-corrected chi connectivity index (χ0v) is 87.4. The van der Waals surface area contributed by atoms with Crippen molar-refractivity contribution in [1.29, 1.82) is 0 Å². The summed E-state index contributed by atoms with van der Waals surface area (Å²) in [4.78, 5) is 69.8. The summed E-state index contributed by atoms with van der Waals surface area (Å²) in [5, 5.41) is 17.8. The molecule has 5 unspecified atom stereocenters. The van der Waals surface area contributed by atoms with Crippen LogP contribution in [0.1, 0.15) is 143 Å². The van der Waals surface area contributed by atoms with E-state index < -0.39 is 0 Å². The minimum Gasteiger partial charge on any atom is -0.378 e. The Morgan fingerprint density at radius 3 is 0.931 bits per heavy atom. The van der Waals surface area contributed by atoms with Crippen LogP contribution in [0.25, 0.3) is 10.9 Å². The van der Waals surface area contributed by atoms with Crippen molar-refractivity contribution < 1.29 is 28.1 Å². The fourth-order valence-corrected chi connectivity index (χ4v) is 20.5. The van der Waals surface area contributed by atoms with Gasteiger partial charge in [-0.3, -0.25) is 0 Å². The van der Waals surface area contributed by atoms with E-state index in [1.165, 1.54) is 78.7 Å². The van der Waals surface area contributed by atoms with Crippen LogP contribution >= 0.6 is 15.9 Å². The van der Waals surface area contributed by atoms with E-state index in [-0.39, 0.29) is 11.9 Å². The van der Waals surface area contributed by atoms with Crippen molar-refractivity contribution in [3.05, 3.63) is 220 Å². The van der Waals surface area contributed by atoms with Crippen molar-refractivity contribution >= 4 is 113 Å². The molecule has 10 aliphatic rings. The number of ether oxygens (including phenoxy) is 5. The number of aryl methyl sites for hydroxylation is 7. The second-order valence-corrected chi connectivity index (χ2v) is 40.9. The van der Waals surface area contributed by atoms with Gasteiger partial charge < -0.3 is 99.3 Å². The van der Waals surface area contributed by atoms with Gasteiger partial charge in [-0.25, -0.2) is 54.2 Å². The number of nitrogens with one attached hydrogen (secondary N) is 5. The van der Waals surface area contributed by atoms with Crippen molar-refractivity contribution in [3.8, 4) is 0 Å². The third-order valence-corrected chi connectivity index (χ3v) is 30.0. The van der Waals surface area contributed by atoms with Gasteiger partial charge in [-0.1, -0.05) is 25.1 Å². The molecular weight excluding hydrogens is 1870 g/mol. The number of fused-ring (bicyclic) bond motifs is 1. The number of benzene rings is 6. The number of anilines is 15. The summed E-state index contributed by atoms with van der Waals surface area (Å²) in [5.41, 5.74) is 19.5. The molecule has 5 atom stereocenters. The molecule has 32 heteroatoms. The maximum Gasteiger partial charge on any atom is 0.228 e. The topological polar surface area (TPSA) is 268 Å². The van der Waals surface area contributed by atoms with Gasteiger partial charge in [0.25, 0.3) is 0 Å². The zero-order chi connectivity index (χ0) is 99.1. The molecule has 5 N–H and O–H groups in total. The first kappa shape index (κ1) is 104. The van der Waals surface area contributed by atoms with Crippen molar-refractivity contribution in [1.82, 2.24) is 74.3 Å². The van der Waals surface area contributed by atoms with Crippen LogP contribution in [0.3, 0.4) is 0 Å². The van der Waals surface area contributed by atoms with Crippen LogP contribution in [0.4, 0.5) is 91.0 Å². The Balaban J connectivity index is 0.000000124. The normalized spacial score (nSPS) is 20.3. The van der Waals surface area contributed by atoms with Gasteiger partial charge in [0.1, 0.15) is 0 Å². The van der Waals surface area contributed by atoms with Crippen LogP contribution in [-0.4, -0.2) is 304 Å². The van der Waals surface area contributed by atoms with E-state index >= 15 is 0 Å². The molecule has 768 valence electrons. The van der Waals surface area contributed by atoms with Gasteiger partial charge in [0.2, 0.25) is 29.7 Å². The summed E-state index contributed by atoms with van der Waals surface area (Å²) in [5.74, 6) is 2.72. The molecule has 11 aromatic rings. The van der Waals surface area contributed by atoms with E-state index in [0.29, 0.717) is 66.3 Å².